The average Bonchev–Trinajstić information content (AvgIpc) is 2.45. The highest BCUT2D eigenvalue weighted by atomic mass is 79.9. The molecule has 1 N–H and O–H groups in total. The minimum atomic E-state index is 0.713. The average molecular weight is 480 g/mol. The van der Waals surface area contributed by atoms with E-state index >= 15 is 0 Å². The minimum absolute atomic E-state index is 0.713. The normalized spacial score (nSPS) is 10.5. The quantitative estimate of drug-likeness (QED) is 0.614. The van der Waals surface area contributed by atoms with Gasteiger partial charge < -0.3 is 14.8 Å². The number of hydrogen-bond acceptors (Lipinski definition) is 3. The highest BCUT2D eigenvalue weighted by Crippen LogP contribution is 2.39. The van der Waals surface area contributed by atoms with Crippen LogP contribution >= 0.6 is 47.8 Å². The van der Waals surface area contributed by atoms with Crippen molar-refractivity contribution in [3.05, 3.63) is 49.3 Å². The number of nitrogens with one attached hydrogen (secondary N) is 1. The lowest BCUT2D eigenvalue weighted by atomic mass is 10.2. The maximum absolute atomic E-state index is 5.95. The Balaban J connectivity index is 2.28. The third-order valence-electron chi connectivity index (χ3n) is 2.80. The zero-order valence-corrected chi connectivity index (χ0v) is 16.3. The predicted molar refractivity (Wildman–Crippen MR) is 95.4 cm³/mol. The lowest BCUT2D eigenvalue weighted by molar-refractivity contribution is 0.409. The van der Waals surface area contributed by atoms with Gasteiger partial charge in [-0.05, 0) is 84.7 Å². The summed E-state index contributed by atoms with van der Waals surface area (Å²) < 4.78 is 13.8. The van der Waals surface area contributed by atoms with E-state index in [4.69, 9.17) is 9.47 Å². The summed E-state index contributed by atoms with van der Waals surface area (Å²) in [6, 6.07) is 9.75. The van der Waals surface area contributed by atoms with Gasteiger partial charge in [-0.25, -0.2) is 0 Å². The van der Waals surface area contributed by atoms with Gasteiger partial charge >= 0.3 is 0 Å². The molecule has 0 heterocycles. The summed E-state index contributed by atoms with van der Waals surface area (Å²) >= 11 is 10.5. The summed E-state index contributed by atoms with van der Waals surface area (Å²) in [6.07, 6.45) is 0. The molecule has 0 atom stereocenters. The number of hydrogen-bond donors (Lipinski definition) is 1. The Morgan fingerprint density at radius 3 is 2.14 bits per heavy atom. The van der Waals surface area contributed by atoms with Crippen LogP contribution < -0.4 is 14.8 Å². The lowest BCUT2D eigenvalue weighted by Crippen LogP contribution is -2.04. The highest BCUT2D eigenvalue weighted by molar-refractivity contribution is 9.11. The number of halogens is 3. The van der Waals surface area contributed by atoms with Crippen LogP contribution in [0.3, 0.4) is 0 Å². The van der Waals surface area contributed by atoms with Gasteiger partial charge in [0.25, 0.3) is 0 Å². The topological polar surface area (TPSA) is 30.5 Å². The fraction of sp³-hybridized carbons (Fsp3) is 0.200. The fourth-order valence-electron chi connectivity index (χ4n) is 1.80. The van der Waals surface area contributed by atoms with Crippen molar-refractivity contribution >= 4 is 47.8 Å². The van der Waals surface area contributed by atoms with Crippen molar-refractivity contribution in [3.8, 4) is 17.2 Å². The zero-order valence-electron chi connectivity index (χ0n) is 11.5. The van der Waals surface area contributed by atoms with E-state index < -0.39 is 0 Å². The van der Waals surface area contributed by atoms with E-state index in [1.807, 2.05) is 37.4 Å². The molecule has 0 spiro atoms. The second-order valence-electron chi connectivity index (χ2n) is 4.31. The molecule has 0 amide bonds. The van der Waals surface area contributed by atoms with Crippen LogP contribution in [-0.4, -0.2) is 14.2 Å². The Kier molecular flexibility index (Phi) is 6.10. The van der Waals surface area contributed by atoms with Crippen LogP contribution in [0.2, 0.25) is 0 Å². The van der Waals surface area contributed by atoms with Crippen LogP contribution in [0.15, 0.2) is 43.7 Å². The largest absolute Gasteiger partial charge is 0.496 e. The monoisotopic (exact) mass is 477 g/mol. The van der Waals surface area contributed by atoms with Crippen molar-refractivity contribution in [3.63, 3.8) is 0 Å². The molecular formula is C15H14Br3NO2. The molecule has 112 valence electrons. The number of benzene rings is 2. The second-order valence-corrected chi connectivity index (χ2v) is 6.88. The summed E-state index contributed by atoms with van der Waals surface area (Å²) in [5.41, 5.74) is 1.19. The Labute approximate surface area is 149 Å². The lowest BCUT2D eigenvalue weighted by Gasteiger charge is -2.13. The molecule has 0 aliphatic carbocycles. The maximum atomic E-state index is 5.95. The molecule has 0 fully saturated rings. The van der Waals surface area contributed by atoms with Crippen LogP contribution in [0, 0.1) is 0 Å². The van der Waals surface area contributed by atoms with Crippen LogP contribution in [-0.2, 0) is 6.54 Å². The van der Waals surface area contributed by atoms with Gasteiger partial charge in [-0.2, -0.15) is 0 Å². The van der Waals surface area contributed by atoms with E-state index in [1.54, 1.807) is 7.11 Å². The summed E-state index contributed by atoms with van der Waals surface area (Å²) in [7, 11) is 3.55. The SMILES string of the molecule is CNCc1ccc(Oc2cc(Br)c(OC)cc2Br)c(Br)c1. The number of rotatable bonds is 5. The van der Waals surface area contributed by atoms with Crippen LogP contribution in [0.25, 0.3) is 0 Å². The Hall–Kier alpha value is -0.560. The van der Waals surface area contributed by atoms with Crippen molar-refractivity contribution in [1.82, 2.24) is 5.32 Å². The molecule has 0 saturated carbocycles. The van der Waals surface area contributed by atoms with Gasteiger partial charge in [-0.15, -0.1) is 0 Å². The van der Waals surface area contributed by atoms with Gasteiger partial charge in [0.1, 0.15) is 17.2 Å². The molecule has 2 aromatic rings. The summed E-state index contributed by atoms with van der Waals surface area (Å²) in [4.78, 5) is 0. The fourth-order valence-corrected chi connectivity index (χ4v) is 3.20. The molecule has 0 aromatic heterocycles. The first-order chi connectivity index (χ1) is 10.0. The summed E-state index contributed by atoms with van der Waals surface area (Å²) in [5, 5.41) is 3.12. The van der Waals surface area contributed by atoms with E-state index in [-0.39, 0.29) is 0 Å². The van der Waals surface area contributed by atoms with Gasteiger partial charge in [0.15, 0.2) is 0 Å². The Morgan fingerprint density at radius 1 is 0.905 bits per heavy atom. The van der Waals surface area contributed by atoms with Gasteiger partial charge in [0, 0.05) is 6.54 Å². The third kappa shape index (κ3) is 4.22. The smallest absolute Gasteiger partial charge is 0.143 e. The molecule has 3 nitrogen and oxygen atoms in total. The first-order valence-electron chi connectivity index (χ1n) is 6.19. The number of ether oxygens (including phenoxy) is 2. The van der Waals surface area contributed by atoms with Crippen LogP contribution in [0.5, 0.6) is 17.2 Å². The summed E-state index contributed by atoms with van der Waals surface area (Å²) in [6.45, 7) is 0.816. The van der Waals surface area contributed by atoms with Crippen LogP contribution in [0.4, 0.5) is 0 Å². The molecule has 0 saturated heterocycles. The first kappa shape index (κ1) is 16.8. The van der Waals surface area contributed by atoms with Crippen molar-refractivity contribution in [1.29, 1.82) is 0 Å². The molecule has 0 unspecified atom stereocenters. The molecule has 2 rings (SSSR count). The third-order valence-corrected chi connectivity index (χ3v) is 4.66. The molecule has 0 aliphatic heterocycles. The molecule has 6 heteroatoms. The Bertz CT molecular complexity index is 647. The van der Waals surface area contributed by atoms with E-state index in [0.29, 0.717) is 5.75 Å². The molecule has 21 heavy (non-hydrogen) atoms. The molecule has 0 aliphatic rings. The van der Waals surface area contributed by atoms with Crippen molar-refractivity contribution in [2.75, 3.05) is 14.2 Å². The van der Waals surface area contributed by atoms with E-state index in [1.165, 1.54) is 5.56 Å². The van der Waals surface area contributed by atoms with Gasteiger partial charge in [-0.1, -0.05) is 6.07 Å². The van der Waals surface area contributed by atoms with Gasteiger partial charge in [0.2, 0.25) is 0 Å². The van der Waals surface area contributed by atoms with E-state index in [2.05, 4.69) is 53.1 Å². The standard InChI is InChI=1S/C15H14Br3NO2/c1-19-8-9-3-4-13(10(16)5-9)21-15-7-11(17)14(20-2)6-12(15)18/h3-7,19H,8H2,1-2H3. The highest BCUT2D eigenvalue weighted by Gasteiger charge is 2.11. The van der Waals surface area contributed by atoms with Crippen molar-refractivity contribution in [2.45, 2.75) is 6.54 Å². The summed E-state index contributed by atoms with van der Waals surface area (Å²) in [5.74, 6) is 2.22. The van der Waals surface area contributed by atoms with Gasteiger partial charge in [-0.3, -0.25) is 0 Å². The minimum Gasteiger partial charge on any atom is -0.496 e. The molecular weight excluding hydrogens is 466 g/mol. The van der Waals surface area contributed by atoms with Crippen molar-refractivity contribution < 1.29 is 9.47 Å². The van der Waals surface area contributed by atoms with Crippen LogP contribution in [0.1, 0.15) is 5.56 Å². The van der Waals surface area contributed by atoms with Gasteiger partial charge in [0.05, 0.1) is 20.5 Å². The van der Waals surface area contributed by atoms with E-state index in [0.717, 1.165) is 31.5 Å². The van der Waals surface area contributed by atoms with E-state index in [9.17, 15) is 0 Å². The number of methoxy groups -OCH3 is 1. The second kappa shape index (κ2) is 7.63. The predicted octanol–water partition coefficient (Wildman–Crippen LogP) is 5.49. The Morgan fingerprint density at radius 2 is 1.52 bits per heavy atom. The van der Waals surface area contributed by atoms with Crippen molar-refractivity contribution in [2.24, 2.45) is 0 Å². The first-order valence-corrected chi connectivity index (χ1v) is 8.57. The zero-order chi connectivity index (χ0) is 15.4. The molecule has 2 aromatic carbocycles. The molecule has 0 radical (unpaired) electrons. The maximum Gasteiger partial charge on any atom is 0.143 e. The molecule has 0 bridgehead atoms.